The summed E-state index contributed by atoms with van der Waals surface area (Å²) in [7, 11) is 0. The maximum Gasteiger partial charge on any atom is 0.242 e. The van der Waals surface area contributed by atoms with E-state index in [0.29, 0.717) is 22.2 Å². The van der Waals surface area contributed by atoms with Crippen LogP contribution >= 0.6 is 23.2 Å². The van der Waals surface area contributed by atoms with Crippen molar-refractivity contribution in [2.75, 3.05) is 6.54 Å². The van der Waals surface area contributed by atoms with Gasteiger partial charge in [-0.25, -0.2) is 0 Å². The maximum absolute atomic E-state index is 13.1. The van der Waals surface area contributed by atoms with Crippen LogP contribution in [-0.2, 0) is 22.6 Å². The molecule has 0 heterocycles. The first kappa shape index (κ1) is 22.3. The molecular formula is C22H26Cl2N2O2. The van der Waals surface area contributed by atoms with Crippen molar-refractivity contribution < 1.29 is 9.59 Å². The van der Waals surface area contributed by atoms with Gasteiger partial charge in [0.1, 0.15) is 6.04 Å². The van der Waals surface area contributed by atoms with Crippen LogP contribution in [0.15, 0.2) is 42.5 Å². The zero-order chi connectivity index (χ0) is 20.7. The lowest BCUT2D eigenvalue weighted by atomic mass is 10.1. The lowest BCUT2D eigenvalue weighted by molar-refractivity contribution is -0.140. The molecule has 0 aliphatic carbocycles. The van der Waals surface area contributed by atoms with Gasteiger partial charge >= 0.3 is 0 Å². The third-order valence-electron chi connectivity index (χ3n) is 4.58. The Hall–Kier alpha value is -2.04. The molecule has 2 aromatic carbocycles. The summed E-state index contributed by atoms with van der Waals surface area (Å²) < 4.78 is 0. The second kappa shape index (κ2) is 10.5. The van der Waals surface area contributed by atoms with Gasteiger partial charge in [-0.2, -0.15) is 0 Å². The van der Waals surface area contributed by atoms with Crippen LogP contribution < -0.4 is 5.32 Å². The summed E-state index contributed by atoms with van der Waals surface area (Å²) in [6.07, 6.45) is 1.03. The Balaban J connectivity index is 2.27. The molecule has 150 valence electrons. The first-order chi connectivity index (χ1) is 13.3. The Labute approximate surface area is 176 Å². The van der Waals surface area contributed by atoms with E-state index in [0.717, 1.165) is 17.5 Å². The Morgan fingerprint density at radius 1 is 1.07 bits per heavy atom. The number of hydrogen-bond donors (Lipinski definition) is 1. The molecule has 1 atom stereocenters. The molecule has 0 aliphatic heterocycles. The standard InChI is InChI=1S/C22H26Cl2N2O2/c1-4-12-25-22(28)16(3)26(14-18-19(23)6-5-7-20(18)24)21(27)13-17-10-8-15(2)9-11-17/h5-11,16H,4,12-14H2,1-3H3,(H,25,28). The average molecular weight is 421 g/mol. The van der Waals surface area contributed by atoms with Crippen LogP contribution in [0.25, 0.3) is 0 Å². The second-order valence-corrected chi connectivity index (χ2v) is 7.67. The topological polar surface area (TPSA) is 49.4 Å². The number of carbonyl (C=O) groups is 2. The molecule has 0 saturated carbocycles. The minimum Gasteiger partial charge on any atom is -0.354 e. The van der Waals surface area contributed by atoms with E-state index in [-0.39, 0.29) is 24.8 Å². The van der Waals surface area contributed by atoms with Gasteiger partial charge in [0, 0.05) is 28.7 Å². The van der Waals surface area contributed by atoms with Crippen molar-refractivity contribution in [3.63, 3.8) is 0 Å². The monoisotopic (exact) mass is 420 g/mol. The van der Waals surface area contributed by atoms with Crippen LogP contribution in [0.2, 0.25) is 10.0 Å². The third kappa shape index (κ3) is 5.98. The largest absolute Gasteiger partial charge is 0.354 e. The van der Waals surface area contributed by atoms with E-state index in [1.54, 1.807) is 25.1 Å². The van der Waals surface area contributed by atoms with Gasteiger partial charge in [-0.15, -0.1) is 0 Å². The molecule has 0 spiro atoms. The van der Waals surface area contributed by atoms with E-state index in [1.807, 2.05) is 38.1 Å². The molecule has 2 amide bonds. The van der Waals surface area contributed by atoms with Crippen molar-refractivity contribution in [3.8, 4) is 0 Å². The number of benzene rings is 2. The summed E-state index contributed by atoms with van der Waals surface area (Å²) in [5.74, 6) is -0.346. The number of carbonyl (C=O) groups excluding carboxylic acids is 2. The van der Waals surface area contributed by atoms with E-state index in [1.165, 1.54) is 4.90 Å². The summed E-state index contributed by atoms with van der Waals surface area (Å²) in [6.45, 7) is 6.44. The normalized spacial score (nSPS) is 11.8. The van der Waals surface area contributed by atoms with Gasteiger partial charge in [-0.05, 0) is 38.0 Å². The van der Waals surface area contributed by atoms with Crippen molar-refractivity contribution >= 4 is 35.0 Å². The zero-order valence-electron chi connectivity index (χ0n) is 16.5. The minimum absolute atomic E-state index is 0.154. The van der Waals surface area contributed by atoms with Gasteiger partial charge in [0.25, 0.3) is 0 Å². The number of aryl methyl sites for hydroxylation is 1. The van der Waals surface area contributed by atoms with Crippen LogP contribution in [-0.4, -0.2) is 29.3 Å². The SMILES string of the molecule is CCCNC(=O)C(C)N(Cc1c(Cl)cccc1Cl)C(=O)Cc1ccc(C)cc1. The molecule has 0 radical (unpaired) electrons. The van der Waals surface area contributed by atoms with Crippen LogP contribution in [0.4, 0.5) is 0 Å². The summed E-state index contributed by atoms with van der Waals surface area (Å²) >= 11 is 12.6. The average Bonchev–Trinajstić information content (AvgIpc) is 2.67. The first-order valence-electron chi connectivity index (χ1n) is 9.39. The highest BCUT2D eigenvalue weighted by Crippen LogP contribution is 2.26. The molecule has 0 fully saturated rings. The number of halogens is 2. The molecular weight excluding hydrogens is 395 g/mol. The minimum atomic E-state index is -0.642. The number of nitrogens with one attached hydrogen (secondary N) is 1. The summed E-state index contributed by atoms with van der Waals surface area (Å²) in [4.78, 5) is 27.2. The Bertz CT molecular complexity index is 802. The molecule has 1 unspecified atom stereocenters. The van der Waals surface area contributed by atoms with Gasteiger partial charge in [0.2, 0.25) is 11.8 Å². The highest BCUT2D eigenvalue weighted by atomic mass is 35.5. The van der Waals surface area contributed by atoms with Gasteiger partial charge in [0.05, 0.1) is 6.42 Å². The molecule has 1 N–H and O–H groups in total. The highest BCUT2D eigenvalue weighted by Gasteiger charge is 2.27. The summed E-state index contributed by atoms with van der Waals surface area (Å²) in [5, 5.41) is 3.80. The first-order valence-corrected chi connectivity index (χ1v) is 10.1. The van der Waals surface area contributed by atoms with Gasteiger partial charge in [0.15, 0.2) is 0 Å². The molecule has 0 aromatic heterocycles. The number of nitrogens with zero attached hydrogens (tertiary/aromatic N) is 1. The fraction of sp³-hybridized carbons (Fsp3) is 0.364. The van der Waals surface area contributed by atoms with Crippen LogP contribution in [0.3, 0.4) is 0 Å². The number of hydrogen-bond acceptors (Lipinski definition) is 2. The summed E-state index contributed by atoms with van der Waals surface area (Å²) in [6, 6.07) is 12.4. The van der Waals surface area contributed by atoms with Gasteiger partial charge in [-0.3, -0.25) is 9.59 Å². The zero-order valence-corrected chi connectivity index (χ0v) is 18.0. The fourth-order valence-corrected chi connectivity index (χ4v) is 3.33. The van der Waals surface area contributed by atoms with Crippen molar-refractivity contribution in [1.29, 1.82) is 0 Å². The molecule has 0 aliphatic rings. The quantitative estimate of drug-likeness (QED) is 0.667. The smallest absolute Gasteiger partial charge is 0.242 e. The van der Waals surface area contributed by atoms with Crippen LogP contribution in [0.5, 0.6) is 0 Å². The molecule has 28 heavy (non-hydrogen) atoms. The van der Waals surface area contributed by atoms with Gasteiger partial charge < -0.3 is 10.2 Å². The van der Waals surface area contributed by atoms with Crippen LogP contribution in [0.1, 0.15) is 37.0 Å². The van der Waals surface area contributed by atoms with Crippen molar-refractivity contribution in [2.45, 2.75) is 46.2 Å². The second-order valence-electron chi connectivity index (χ2n) is 6.85. The van der Waals surface area contributed by atoms with E-state index >= 15 is 0 Å². The Morgan fingerprint density at radius 2 is 1.68 bits per heavy atom. The molecule has 0 saturated heterocycles. The lowest BCUT2D eigenvalue weighted by Crippen LogP contribution is -2.48. The lowest BCUT2D eigenvalue weighted by Gasteiger charge is -2.29. The molecule has 2 aromatic rings. The maximum atomic E-state index is 13.1. The van der Waals surface area contributed by atoms with E-state index in [2.05, 4.69) is 5.32 Å². The van der Waals surface area contributed by atoms with E-state index in [9.17, 15) is 9.59 Å². The summed E-state index contributed by atoms with van der Waals surface area (Å²) in [5.41, 5.74) is 2.66. The Morgan fingerprint density at radius 3 is 2.25 bits per heavy atom. The fourth-order valence-electron chi connectivity index (χ4n) is 2.81. The van der Waals surface area contributed by atoms with Crippen molar-refractivity contribution in [2.24, 2.45) is 0 Å². The van der Waals surface area contributed by atoms with Gasteiger partial charge in [-0.1, -0.05) is 66.0 Å². The molecule has 0 bridgehead atoms. The van der Waals surface area contributed by atoms with Crippen molar-refractivity contribution in [3.05, 3.63) is 69.2 Å². The van der Waals surface area contributed by atoms with E-state index in [4.69, 9.17) is 23.2 Å². The van der Waals surface area contributed by atoms with E-state index < -0.39 is 6.04 Å². The number of rotatable bonds is 8. The molecule has 4 nitrogen and oxygen atoms in total. The predicted octanol–water partition coefficient (Wildman–Crippen LogP) is 4.79. The van der Waals surface area contributed by atoms with Crippen LogP contribution in [0, 0.1) is 6.92 Å². The highest BCUT2D eigenvalue weighted by molar-refractivity contribution is 6.36. The predicted molar refractivity (Wildman–Crippen MR) is 115 cm³/mol. The van der Waals surface area contributed by atoms with Crippen molar-refractivity contribution in [1.82, 2.24) is 10.2 Å². The Kier molecular flexibility index (Phi) is 8.34. The molecule has 6 heteroatoms. The third-order valence-corrected chi connectivity index (χ3v) is 5.29. The number of amides is 2. The molecule has 2 rings (SSSR count).